The van der Waals surface area contributed by atoms with Gasteiger partial charge in [0.1, 0.15) is 5.75 Å². The zero-order chi connectivity index (χ0) is 14.2. The number of benzene rings is 1. The minimum Gasteiger partial charge on any atom is -0.494 e. The second kappa shape index (κ2) is 8.02. The Hall–Kier alpha value is -1.39. The van der Waals surface area contributed by atoms with Gasteiger partial charge in [-0.3, -0.25) is 4.79 Å². The van der Waals surface area contributed by atoms with E-state index in [0.717, 1.165) is 37.2 Å². The fourth-order valence-corrected chi connectivity index (χ4v) is 2.33. The molecule has 0 amide bonds. The van der Waals surface area contributed by atoms with E-state index in [1.165, 1.54) is 0 Å². The molecule has 1 aromatic carbocycles. The average molecular weight is 277 g/mol. The molecule has 1 aliphatic heterocycles. The summed E-state index contributed by atoms with van der Waals surface area (Å²) in [6, 6.07) is 7.31. The number of carbonyl (C=O) groups excluding carboxylic acids is 1. The van der Waals surface area contributed by atoms with Gasteiger partial charge in [-0.15, -0.1) is 0 Å². The highest BCUT2D eigenvalue weighted by molar-refractivity contribution is 5.96. The molecule has 0 spiro atoms. The molecule has 4 nitrogen and oxygen atoms in total. The number of nitrogens with one attached hydrogen (secondary N) is 1. The van der Waals surface area contributed by atoms with Crippen molar-refractivity contribution in [1.82, 2.24) is 5.32 Å². The van der Waals surface area contributed by atoms with Gasteiger partial charge in [0.15, 0.2) is 5.78 Å². The highest BCUT2D eigenvalue weighted by Crippen LogP contribution is 2.14. The molecule has 20 heavy (non-hydrogen) atoms. The average Bonchev–Trinajstić information content (AvgIpc) is 2.49. The van der Waals surface area contributed by atoms with Gasteiger partial charge in [-0.25, -0.2) is 0 Å². The predicted molar refractivity (Wildman–Crippen MR) is 78.4 cm³/mol. The number of carbonyl (C=O) groups is 1. The van der Waals surface area contributed by atoms with Crippen LogP contribution in [0.3, 0.4) is 0 Å². The first-order valence-electron chi connectivity index (χ1n) is 7.38. The Labute approximate surface area is 120 Å². The van der Waals surface area contributed by atoms with Gasteiger partial charge >= 0.3 is 0 Å². The Kier molecular flexibility index (Phi) is 6.02. The number of hydrogen-bond acceptors (Lipinski definition) is 4. The van der Waals surface area contributed by atoms with E-state index in [4.69, 9.17) is 9.47 Å². The monoisotopic (exact) mass is 277 g/mol. The first-order valence-corrected chi connectivity index (χ1v) is 7.38. The van der Waals surface area contributed by atoms with Crippen molar-refractivity contribution in [3.8, 4) is 5.75 Å². The molecule has 1 aromatic rings. The molecule has 2 rings (SSSR count). The highest BCUT2D eigenvalue weighted by Gasteiger charge is 2.14. The van der Waals surface area contributed by atoms with Crippen molar-refractivity contribution in [3.05, 3.63) is 29.8 Å². The Morgan fingerprint density at radius 2 is 1.95 bits per heavy atom. The van der Waals surface area contributed by atoms with Crippen LogP contribution < -0.4 is 10.1 Å². The molecule has 1 aliphatic rings. The minimum atomic E-state index is 0.127. The highest BCUT2D eigenvalue weighted by atomic mass is 16.5. The standard InChI is InChI=1S/C16H23NO3/c1-2-19-14-5-3-13(4-6-14)16(18)9-12-20-15-7-10-17-11-8-15/h3-6,15,17H,2,7-12H2,1H3. The maximum absolute atomic E-state index is 12.0. The third-order valence-electron chi connectivity index (χ3n) is 3.46. The molecule has 4 heteroatoms. The van der Waals surface area contributed by atoms with E-state index in [1.54, 1.807) is 0 Å². The van der Waals surface area contributed by atoms with Crippen LogP contribution in [0.25, 0.3) is 0 Å². The second-order valence-electron chi connectivity index (χ2n) is 4.95. The maximum atomic E-state index is 12.0. The van der Waals surface area contributed by atoms with Crippen LogP contribution in [0.15, 0.2) is 24.3 Å². The van der Waals surface area contributed by atoms with Crippen LogP contribution in [0.5, 0.6) is 5.75 Å². The first-order chi connectivity index (χ1) is 9.79. The lowest BCUT2D eigenvalue weighted by atomic mass is 10.1. The zero-order valence-electron chi connectivity index (χ0n) is 12.1. The maximum Gasteiger partial charge on any atom is 0.165 e. The van der Waals surface area contributed by atoms with Crippen LogP contribution in [-0.4, -0.2) is 38.2 Å². The van der Waals surface area contributed by atoms with Crippen molar-refractivity contribution >= 4 is 5.78 Å². The predicted octanol–water partition coefficient (Wildman–Crippen LogP) is 2.43. The van der Waals surface area contributed by atoms with Crippen molar-refractivity contribution < 1.29 is 14.3 Å². The van der Waals surface area contributed by atoms with Crippen LogP contribution in [0.1, 0.15) is 36.5 Å². The Balaban J connectivity index is 1.73. The fourth-order valence-electron chi connectivity index (χ4n) is 2.33. The van der Waals surface area contributed by atoms with Gasteiger partial charge in [0.2, 0.25) is 0 Å². The molecule has 0 aromatic heterocycles. The lowest BCUT2D eigenvalue weighted by Crippen LogP contribution is -2.32. The van der Waals surface area contributed by atoms with E-state index < -0.39 is 0 Å². The number of ketones is 1. The van der Waals surface area contributed by atoms with Crippen molar-refractivity contribution in [1.29, 1.82) is 0 Å². The zero-order valence-corrected chi connectivity index (χ0v) is 12.1. The lowest BCUT2D eigenvalue weighted by Gasteiger charge is -2.22. The summed E-state index contributed by atoms with van der Waals surface area (Å²) in [6.45, 7) is 5.11. The molecule has 1 N–H and O–H groups in total. The van der Waals surface area contributed by atoms with Gasteiger partial charge in [-0.05, 0) is 57.1 Å². The van der Waals surface area contributed by atoms with Crippen LogP contribution in [-0.2, 0) is 4.74 Å². The largest absolute Gasteiger partial charge is 0.494 e. The Bertz CT molecular complexity index is 410. The van der Waals surface area contributed by atoms with Crippen molar-refractivity contribution in [2.45, 2.75) is 32.3 Å². The molecule has 0 aliphatic carbocycles. The summed E-state index contributed by atoms with van der Waals surface area (Å²) in [6.07, 6.45) is 2.83. The molecule has 0 atom stereocenters. The molecule has 110 valence electrons. The molecular weight excluding hydrogens is 254 g/mol. The summed E-state index contributed by atoms with van der Waals surface area (Å²) in [5, 5.41) is 3.30. The molecule has 1 heterocycles. The number of Topliss-reactive ketones (excluding diaryl/α,β-unsaturated/α-hetero) is 1. The van der Waals surface area contributed by atoms with Gasteiger partial charge < -0.3 is 14.8 Å². The van der Waals surface area contributed by atoms with E-state index in [1.807, 2.05) is 31.2 Å². The van der Waals surface area contributed by atoms with Crippen molar-refractivity contribution in [3.63, 3.8) is 0 Å². The molecule has 0 radical (unpaired) electrons. The van der Waals surface area contributed by atoms with E-state index in [0.29, 0.717) is 25.7 Å². The third-order valence-corrected chi connectivity index (χ3v) is 3.46. The second-order valence-corrected chi connectivity index (χ2v) is 4.95. The van der Waals surface area contributed by atoms with Crippen LogP contribution in [0.2, 0.25) is 0 Å². The van der Waals surface area contributed by atoms with E-state index >= 15 is 0 Å². The molecular formula is C16H23NO3. The molecule has 0 saturated carbocycles. The van der Waals surface area contributed by atoms with Gasteiger partial charge in [0, 0.05) is 12.0 Å². The first kappa shape index (κ1) is 15.0. The molecule has 1 fully saturated rings. The summed E-state index contributed by atoms with van der Waals surface area (Å²) in [4.78, 5) is 12.0. The van der Waals surface area contributed by atoms with E-state index in [-0.39, 0.29) is 5.78 Å². The molecule has 1 saturated heterocycles. The summed E-state index contributed by atoms with van der Waals surface area (Å²) in [5.74, 6) is 0.928. The van der Waals surface area contributed by atoms with Crippen molar-refractivity contribution in [2.75, 3.05) is 26.3 Å². The Morgan fingerprint density at radius 1 is 1.25 bits per heavy atom. The minimum absolute atomic E-state index is 0.127. The van der Waals surface area contributed by atoms with Crippen LogP contribution in [0, 0.1) is 0 Å². The number of hydrogen-bond donors (Lipinski definition) is 1. The summed E-state index contributed by atoms with van der Waals surface area (Å²) < 4.78 is 11.1. The fraction of sp³-hybridized carbons (Fsp3) is 0.562. The molecule has 0 unspecified atom stereocenters. The number of ether oxygens (including phenoxy) is 2. The molecule has 0 bridgehead atoms. The quantitative estimate of drug-likeness (QED) is 0.778. The van der Waals surface area contributed by atoms with Gasteiger partial charge in [0.25, 0.3) is 0 Å². The summed E-state index contributed by atoms with van der Waals surface area (Å²) in [5.41, 5.74) is 0.724. The topological polar surface area (TPSA) is 47.6 Å². The van der Waals surface area contributed by atoms with E-state index in [9.17, 15) is 4.79 Å². The lowest BCUT2D eigenvalue weighted by molar-refractivity contribution is 0.0313. The van der Waals surface area contributed by atoms with E-state index in [2.05, 4.69) is 5.32 Å². The summed E-state index contributed by atoms with van der Waals surface area (Å²) >= 11 is 0. The van der Waals surface area contributed by atoms with Crippen LogP contribution in [0.4, 0.5) is 0 Å². The third kappa shape index (κ3) is 4.62. The van der Waals surface area contributed by atoms with Gasteiger partial charge in [-0.2, -0.15) is 0 Å². The normalized spacial score (nSPS) is 16.1. The van der Waals surface area contributed by atoms with Gasteiger partial charge in [0.05, 0.1) is 19.3 Å². The van der Waals surface area contributed by atoms with Gasteiger partial charge in [-0.1, -0.05) is 0 Å². The Morgan fingerprint density at radius 3 is 2.60 bits per heavy atom. The number of piperidine rings is 1. The van der Waals surface area contributed by atoms with Crippen molar-refractivity contribution in [2.24, 2.45) is 0 Å². The SMILES string of the molecule is CCOc1ccc(C(=O)CCOC2CCNCC2)cc1. The smallest absolute Gasteiger partial charge is 0.165 e. The van der Waals surface area contributed by atoms with Crippen LogP contribution >= 0.6 is 0 Å². The summed E-state index contributed by atoms with van der Waals surface area (Å²) in [7, 11) is 0. The number of rotatable bonds is 7.